The Morgan fingerprint density at radius 1 is 1.04 bits per heavy atom. The van der Waals surface area contributed by atoms with Crippen LogP contribution in [0.3, 0.4) is 0 Å². The van der Waals surface area contributed by atoms with E-state index in [1.54, 1.807) is 0 Å². The summed E-state index contributed by atoms with van der Waals surface area (Å²) in [5.74, 6) is 0.357. The summed E-state index contributed by atoms with van der Waals surface area (Å²) in [4.78, 5) is 13.9. The molecule has 0 aromatic heterocycles. The Morgan fingerprint density at radius 3 is 2.32 bits per heavy atom. The van der Waals surface area contributed by atoms with Gasteiger partial charge in [0.15, 0.2) is 0 Å². The molecular weight excluding hydrogens is 308 g/mol. The number of aryl methyl sites for hydroxylation is 1. The molecule has 0 unspecified atom stereocenters. The second kappa shape index (κ2) is 6.64. The predicted octanol–water partition coefficient (Wildman–Crippen LogP) is 4.00. The number of nitrogens with two attached hydrogens (primary N) is 1. The van der Waals surface area contributed by atoms with Crippen molar-refractivity contribution in [2.45, 2.75) is 57.2 Å². The average molecular weight is 334 g/mol. The summed E-state index contributed by atoms with van der Waals surface area (Å²) in [5.41, 5.74) is 10.1. The van der Waals surface area contributed by atoms with Gasteiger partial charge >= 0.3 is 0 Å². The van der Waals surface area contributed by atoms with Gasteiger partial charge in [-0.25, -0.2) is 0 Å². The Hall–Kier alpha value is -2.13. The zero-order valence-corrected chi connectivity index (χ0v) is 14.8. The maximum Gasteiger partial charge on any atom is 0.248 e. The van der Waals surface area contributed by atoms with E-state index in [2.05, 4.69) is 36.1 Å². The fourth-order valence-corrected chi connectivity index (χ4v) is 4.11. The lowest BCUT2D eigenvalue weighted by Gasteiger charge is -2.44. The van der Waals surface area contributed by atoms with Crippen LogP contribution >= 0.6 is 0 Å². The van der Waals surface area contributed by atoms with E-state index < -0.39 is 0 Å². The Morgan fingerprint density at radius 2 is 1.72 bits per heavy atom. The molecule has 2 aliphatic carbocycles. The van der Waals surface area contributed by atoms with Crippen LogP contribution in [0.15, 0.2) is 48.5 Å². The van der Waals surface area contributed by atoms with Crippen LogP contribution in [0.1, 0.15) is 58.6 Å². The minimum atomic E-state index is -0.356. The van der Waals surface area contributed by atoms with Gasteiger partial charge in [0, 0.05) is 24.2 Å². The van der Waals surface area contributed by atoms with Crippen LogP contribution in [0.5, 0.6) is 0 Å². The summed E-state index contributed by atoms with van der Waals surface area (Å²) in [7, 11) is 0. The lowest BCUT2D eigenvalue weighted by molar-refractivity contribution is 0.0928. The van der Waals surface area contributed by atoms with E-state index in [1.165, 1.54) is 42.4 Å². The van der Waals surface area contributed by atoms with Gasteiger partial charge in [0.1, 0.15) is 0 Å². The van der Waals surface area contributed by atoms with Crippen molar-refractivity contribution >= 4 is 5.91 Å². The summed E-state index contributed by atoms with van der Waals surface area (Å²) in [5, 5.41) is 0. The minimum absolute atomic E-state index is 0.356. The monoisotopic (exact) mass is 334 g/mol. The number of carbonyl (C=O) groups excluding carboxylic acids is 1. The molecule has 2 aliphatic rings. The number of nitrogens with zero attached hydrogens (tertiary/aromatic N) is 1. The number of hydrogen-bond donors (Lipinski definition) is 1. The molecule has 2 aromatic rings. The van der Waals surface area contributed by atoms with E-state index in [0.29, 0.717) is 17.5 Å². The van der Waals surface area contributed by atoms with E-state index in [4.69, 9.17) is 5.73 Å². The van der Waals surface area contributed by atoms with E-state index in [1.807, 2.05) is 24.3 Å². The van der Waals surface area contributed by atoms with Crippen LogP contribution in [0.25, 0.3) is 0 Å². The van der Waals surface area contributed by atoms with E-state index in [-0.39, 0.29) is 5.91 Å². The van der Waals surface area contributed by atoms with Gasteiger partial charge in [-0.2, -0.15) is 0 Å². The normalized spacial score (nSPS) is 22.6. The highest BCUT2D eigenvalue weighted by Gasteiger charge is 2.41. The third kappa shape index (κ3) is 3.47. The zero-order valence-electron chi connectivity index (χ0n) is 14.8. The molecule has 25 heavy (non-hydrogen) atoms. The molecule has 2 saturated carbocycles. The van der Waals surface area contributed by atoms with Gasteiger partial charge < -0.3 is 5.73 Å². The predicted molar refractivity (Wildman–Crippen MR) is 100 cm³/mol. The first-order valence-corrected chi connectivity index (χ1v) is 9.32. The molecule has 0 heterocycles. The van der Waals surface area contributed by atoms with Crippen molar-refractivity contribution in [1.82, 2.24) is 4.90 Å². The molecule has 130 valence electrons. The zero-order chi connectivity index (χ0) is 17.4. The Bertz CT molecular complexity index is 758. The molecular formula is C22H26N2O. The number of hydrogen-bond acceptors (Lipinski definition) is 2. The van der Waals surface area contributed by atoms with Crippen molar-refractivity contribution in [2.24, 2.45) is 5.73 Å². The number of benzene rings is 2. The molecule has 4 rings (SSSR count). The van der Waals surface area contributed by atoms with Crippen LogP contribution in [0, 0.1) is 6.92 Å². The van der Waals surface area contributed by atoms with Gasteiger partial charge in [0.2, 0.25) is 5.91 Å². The largest absolute Gasteiger partial charge is 0.366 e. The molecule has 0 bridgehead atoms. The first-order valence-electron chi connectivity index (χ1n) is 9.32. The molecule has 0 radical (unpaired) electrons. The fraction of sp³-hybridized carbons (Fsp3) is 0.409. The Kier molecular flexibility index (Phi) is 4.34. The van der Waals surface area contributed by atoms with Crippen molar-refractivity contribution in [2.75, 3.05) is 0 Å². The smallest absolute Gasteiger partial charge is 0.248 e. The third-order valence-electron chi connectivity index (χ3n) is 5.83. The summed E-state index contributed by atoms with van der Waals surface area (Å²) in [6.07, 6.45) is 5.18. The van der Waals surface area contributed by atoms with Crippen LogP contribution in [0.2, 0.25) is 0 Å². The molecule has 2 fully saturated rings. The van der Waals surface area contributed by atoms with Gasteiger partial charge in [-0.3, -0.25) is 9.69 Å². The second-order valence-electron chi connectivity index (χ2n) is 7.64. The summed E-state index contributed by atoms with van der Waals surface area (Å²) in [6, 6.07) is 18.0. The molecule has 1 amide bonds. The lowest BCUT2D eigenvalue weighted by atomic mass is 9.73. The number of primary amides is 1. The molecule has 0 spiro atoms. The highest BCUT2D eigenvalue weighted by Crippen LogP contribution is 2.44. The van der Waals surface area contributed by atoms with E-state index in [9.17, 15) is 4.79 Å². The Labute approximate surface area is 149 Å². The van der Waals surface area contributed by atoms with Gasteiger partial charge in [-0.1, -0.05) is 36.4 Å². The molecule has 0 aliphatic heterocycles. The first kappa shape index (κ1) is 16.3. The SMILES string of the molecule is Cc1ccccc1C1CC(N(Cc2ccc(C(N)=O)cc2)C2CC2)C1. The van der Waals surface area contributed by atoms with Crippen molar-refractivity contribution < 1.29 is 4.79 Å². The van der Waals surface area contributed by atoms with Crippen molar-refractivity contribution in [3.8, 4) is 0 Å². The highest BCUT2D eigenvalue weighted by molar-refractivity contribution is 5.92. The van der Waals surface area contributed by atoms with Crippen LogP contribution in [-0.4, -0.2) is 22.9 Å². The van der Waals surface area contributed by atoms with Crippen LogP contribution < -0.4 is 5.73 Å². The van der Waals surface area contributed by atoms with Crippen molar-refractivity contribution in [3.05, 3.63) is 70.8 Å². The summed E-state index contributed by atoms with van der Waals surface area (Å²) in [6.45, 7) is 3.20. The van der Waals surface area contributed by atoms with Crippen LogP contribution in [0.4, 0.5) is 0 Å². The number of rotatable bonds is 6. The van der Waals surface area contributed by atoms with Gasteiger partial charge in [0.05, 0.1) is 0 Å². The van der Waals surface area contributed by atoms with E-state index in [0.717, 1.165) is 12.6 Å². The third-order valence-corrected chi connectivity index (χ3v) is 5.83. The van der Waals surface area contributed by atoms with E-state index >= 15 is 0 Å². The fourth-order valence-electron chi connectivity index (χ4n) is 4.11. The topological polar surface area (TPSA) is 46.3 Å². The van der Waals surface area contributed by atoms with Crippen molar-refractivity contribution in [3.63, 3.8) is 0 Å². The lowest BCUT2D eigenvalue weighted by Crippen LogP contribution is -2.44. The van der Waals surface area contributed by atoms with Crippen LogP contribution in [-0.2, 0) is 6.54 Å². The quantitative estimate of drug-likeness (QED) is 0.868. The minimum Gasteiger partial charge on any atom is -0.366 e. The maximum absolute atomic E-state index is 11.2. The van der Waals surface area contributed by atoms with Gasteiger partial charge in [-0.05, 0) is 67.3 Å². The Balaban J connectivity index is 1.41. The number of amides is 1. The number of carbonyl (C=O) groups is 1. The van der Waals surface area contributed by atoms with Gasteiger partial charge in [0.25, 0.3) is 0 Å². The maximum atomic E-state index is 11.2. The highest BCUT2D eigenvalue weighted by atomic mass is 16.1. The summed E-state index contributed by atoms with van der Waals surface area (Å²) < 4.78 is 0. The molecule has 2 aromatic carbocycles. The molecule has 3 nitrogen and oxygen atoms in total. The standard InChI is InChI=1S/C22H26N2O/c1-15-4-2-3-5-21(15)18-12-20(13-18)24(19-10-11-19)14-16-6-8-17(9-7-16)22(23)25/h2-9,18-20H,10-14H2,1H3,(H2,23,25). The molecule has 3 heteroatoms. The molecule has 0 atom stereocenters. The van der Waals surface area contributed by atoms with Crippen molar-refractivity contribution in [1.29, 1.82) is 0 Å². The first-order chi connectivity index (χ1) is 12.1. The molecule has 2 N–H and O–H groups in total. The summed E-state index contributed by atoms with van der Waals surface area (Å²) >= 11 is 0. The molecule has 0 saturated heterocycles. The van der Waals surface area contributed by atoms with Gasteiger partial charge in [-0.15, -0.1) is 0 Å². The second-order valence-corrected chi connectivity index (χ2v) is 7.64. The average Bonchev–Trinajstić information content (AvgIpc) is 3.39.